The number of hydrogen-bond acceptors (Lipinski definition) is 1. The Kier molecular flexibility index (Phi) is 6.01. The van der Waals surface area contributed by atoms with E-state index >= 15 is 0 Å². The number of halogens is 2. The Morgan fingerprint density at radius 2 is 1.62 bits per heavy atom. The predicted octanol–water partition coefficient (Wildman–Crippen LogP) is 8.12. The molecule has 1 nitrogen and oxygen atoms in total. The van der Waals surface area contributed by atoms with E-state index in [1.807, 2.05) is 48.5 Å². The number of hydrogen-bond donors (Lipinski definition) is 0. The Labute approximate surface area is 176 Å². The normalized spacial score (nSPS) is 16.0. The van der Waals surface area contributed by atoms with Crippen LogP contribution in [0.5, 0.6) is 11.5 Å². The Hall–Kier alpha value is -2.58. The summed E-state index contributed by atoms with van der Waals surface area (Å²) in [6.07, 6.45) is 7.04. The lowest BCUT2D eigenvalue weighted by atomic mass is 9.91. The molecule has 0 bridgehead atoms. The van der Waals surface area contributed by atoms with Crippen molar-refractivity contribution in [3.8, 4) is 11.5 Å². The lowest BCUT2D eigenvalue weighted by molar-refractivity contribution is 0.441. The number of para-hydroxylation sites is 1. The SMILES string of the molecule is CC(C=CC(c1ccc(Cl)cc1)C1CC1)c1ccc(F)c(Oc2ccccc2)c1. The molecule has 1 aliphatic rings. The summed E-state index contributed by atoms with van der Waals surface area (Å²) in [5, 5.41) is 0.762. The highest BCUT2D eigenvalue weighted by Gasteiger charge is 2.30. The van der Waals surface area contributed by atoms with E-state index < -0.39 is 0 Å². The van der Waals surface area contributed by atoms with Gasteiger partial charge in [0, 0.05) is 10.9 Å². The summed E-state index contributed by atoms with van der Waals surface area (Å²) in [4.78, 5) is 0. The van der Waals surface area contributed by atoms with E-state index in [1.165, 1.54) is 24.5 Å². The highest BCUT2D eigenvalue weighted by Crippen LogP contribution is 2.44. The van der Waals surface area contributed by atoms with Crippen LogP contribution in [0.1, 0.15) is 42.7 Å². The van der Waals surface area contributed by atoms with Crippen molar-refractivity contribution < 1.29 is 9.13 Å². The molecular formula is C26H24ClFO. The minimum Gasteiger partial charge on any atom is -0.454 e. The van der Waals surface area contributed by atoms with E-state index in [2.05, 4.69) is 31.2 Å². The fourth-order valence-electron chi connectivity index (χ4n) is 3.58. The van der Waals surface area contributed by atoms with Crippen molar-refractivity contribution in [3.05, 3.63) is 107 Å². The molecule has 3 aromatic rings. The average Bonchev–Trinajstić information content (AvgIpc) is 3.57. The minimum atomic E-state index is -0.356. The fourth-order valence-corrected chi connectivity index (χ4v) is 3.70. The van der Waals surface area contributed by atoms with Gasteiger partial charge in [0.1, 0.15) is 5.75 Å². The zero-order valence-corrected chi connectivity index (χ0v) is 17.1. The first-order chi connectivity index (χ1) is 14.1. The summed E-state index contributed by atoms with van der Waals surface area (Å²) in [6, 6.07) is 22.5. The maximum Gasteiger partial charge on any atom is 0.165 e. The minimum absolute atomic E-state index is 0.155. The third-order valence-corrected chi connectivity index (χ3v) is 5.70. The molecule has 0 aromatic heterocycles. The molecule has 1 fully saturated rings. The maximum atomic E-state index is 14.2. The van der Waals surface area contributed by atoms with Gasteiger partial charge in [-0.3, -0.25) is 0 Å². The second-order valence-electron chi connectivity index (χ2n) is 7.69. The molecule has 3 heteroatoms. The van der Waals surface area contributed by atoms with Crippen LogP contribution in [0.2, 0.25) is 5.02 Å². The summed E-state index contributed by atoms with van der Waals surface area (Å²) < 4.78 is 20.0. The molecule has 0 amide bonds. The molecule has 0 aliphatic heterocycles. The molecule has 4 rings (SSSR count). The van der Waals surface area contributed by atoms with Crippen molar-refractivity contribution in [3.63, 3.8) is 0 Å². The van der Waals surface area contributed by atoms with Gasteiger partial charge in [-0.15, -0.1) is 0 Å². The molecular weight excluding hydrogens is 383 g/mol. The third-order valence-electron chi connectivity index (χ3n) is 5.44. The van der Waals surface area contributed by atoms with Crippen molar-refractivity contribution in [2.24, 2.45) is 5.92 Å². The Morgan fingerprint density at radius 3 is 2.31 bits per heavy atom. The first kappa shape index (κ1) is 19.7. The molecule has 0 radical (unpaired) electrons. The van der Waals surface area contributed by atoms with E-state index in [9.17, 15) is 4.39 Å². The summed E-state index contributed by atoms with van der Waals surface area (Å²) in [6.45, 7) is 2.13. The average molecular weight is 407 g/mol. The summed E-state index contributed by atoms with van der Waals surface area (Å²) in [7, 11) is 0. The van der Waals surface area contributed by atoms with Gasteiger partial charge in [-0.1, -0.05) is 67.1 Å². The van der Waals surface area contributed by atoms with Gasteiger partial charge in [-0.05, 0) is 72.2 Å². The monoisotopic (exact) mass is 406 g/mol. The molecule has 0 spiro atoms. The molecule has 2 unspecified atom stereocenters. The van der Waals surface area contributed by atoms with Gasteiger partial charge < -0.3 is 4.74 Å². The van der Waals surface area contributed by atoms with Crippen LogP contribution in [-0.2, 0) is 0 Å². The summed E-state index contributed by atoms with van der Waals surface area (Å²) in [5.74, 6) is 1.78. The first-order valence-electron chi connectivity index (χ1n) is 10.1. The van der Waals surface area contributed by atoms with Crippen LogP contribution in [0.25, 0.3) is 0 Å². The standard InChI is InChI=1S/C26H24ClFO/c1-18(7-15-24(19-8-9-19)20-10-13-22(27)14-11-20)21-12-16-25(28)26(17-21)29-23-5-3-2-4-6-23/h2-7,10-19,24H,8-9H2,1H3. The zero-order chi connectivity index (χ0) is 20.2. The summed E-state index contributed by atoms with van der Waals surface area (Å²) in [5.41, 5.74) is 2.33. The van der Waals surface area contributed by atoms with Gasteiger partial charge in [0.2, 0.25) is 0 Å². The van der Waals surface area contributed by atoms with Gasteiger partial charge in [-0.2, -0.15) is 0 Å². The fraction of sp³-hybridized carbons (Fsp3) is 0.231. The van der Waals surface area contributed by atoms with Gasteiger partial charge in [0.25, 0.3) is 0 Å². The molecule has 3 aromatic carbocycles. The Balaban J connectivity index is 1.52. The second kappa shape index (κ2) is 8.84. The van der Waals surface area contributed by atoms with Crippen molar-refractivity contribution in [2.75, 3.05) is 0 Å². The van der Waals surface area contributed by atoms with E-state index in [1.54, 1.807) is 6.07 Å². The topological polar surface area (TPSA) is 9.23 Å². The van der Waals surface area contributed by atoms with Crippen molar-refractivity contribution in [1.29, 1.82) is 0 Å². The van der Waals surface area contributed by atoms with Gasteiger partial charge >= 0.3 is 0 Å². The molecule has 29 heavy (non-hydrogen) atoms. The van der Waals surface area contributed by atoms with Gasteiger partial charge in [0.05, 0.1) is 0 Å². The van der Waals surface area contributed by atoms with Crippen LogP contribution in [-0.4, -0.2) is 0 Å². The zero-order valence-electron chi connectivity index (χ0n) is 16.4. The van der Waals surface area contributed by atoms with Gasteiger partial charge in [0.15, 0.2) is 11.6 Å². The largest absolute Gasteiger partial charge is 0.454 e. The Bertz CT molecular complexity index is 977. The lowest BCUT2D eigenvalue weighted by Gasteiger charge is -2.15. The van der Waals surface area contributed by atoms with E-state index in [0.717, 1.165) is 10.6 Å². The molecule has 0 heterocycles. The van der Waals surface area contributed by atoms with Crippen LogP contribution in [0, 0.1) is 11.7 Å². The number of ether oxygens (including phenoxy) is 1. The van der Waals surface area contributed by atoms with E-state index in [0.29, 0.717) is 17.6 Å². The van der Waals surface area contributed by atoms with Crippen LogP contribution >= 0.6 is 11.6 Å². The van der Waals surface area contributed by atoms with Crippen LogP contribution in [0.3, 0.4) is 0 Å². The number of benzene rings is 3. The Morgan fingerprint density at radius 1 is 0.931 bits per heavy atom. The molecule has 148 valence electrons. The van der Waals surface area contributed by atoms with Crippen molar-refractivity contribution in [1.82, 2.24) is 0 Å². The summed E-state index contributed by atoms with van der Waals surface area (Å²) >= 11 is 6.04. The van der Waals surface area contributed by atoms with Crippen LogP contribution in [0.4, 0.5) is 4.39 Å². The van der Waals surface area contributed by atoms with Crippen LogP contribution < -0.4 is 4.74 Å². The van der Waals surface area contributed by atoms with Crippen molar-refractivity contribution in [2.45, 2.75) is 31.6 Å². The first-order valence-corrected chi connectivity index (χ1v) is 10.4. The molecule has 1 saturated carbocycles. The number of rotatable bonds is 7. The highest BCUT2D eigenvalue weighted by molar-refractivity contribution is 6.30. The van der Waals surface area contributed by atoms with E-state index in [-0.39, 0.29) is 17.5 Å². The number of allylic oxidation sites excluding steroid dienone is 2. The maximum absolute atomic E-state index is 14.2. The third kappa shape index (κ3) is 5.07. The van der Waals surface area contributed by atoms with Crippen LogP contribution in [0.15, 0.2) is 84.9 Å². The highest BCUT2D eigenvalue weighted by atomic mass is 35.5. The molecule has 0 saturated heterocycles. The lowest BCUT2D eigenvalue weighted by Crippen LogP contribution is -1.99. The van der Waals surface area contributed by atoms with E-state index in [4.69, 9.17) is 16.3 Å². The van der Waals surface area contributed by atoms with Crippen molar-refractivity contribution >= 4 is 11.6 Å². The predicted molar refractivity (Wildman–Crippen MR) is 117 cm³/mol. The quantitative estimate of drug-likeness (QED) is 0.360. The smallest absolute Gasteiger partial charge is 0.165 e. The van der Waals surface area contributed by atoms with Gasteiger partial charge in [-0.25, -0.2) is 4.39 Å². The second-order valence-corrected chi connectivity index (χ2v) is 8.13. The molecule has 2 atom stereocenters. The molecule has 1 aliphatic carbocycles. The molecule has 0 N–H and O–H groups in total.